The summed E-state index contributed by atoms with van der Waals surface area (Å²) in [7, 11) is 0. The van der Waals surface area contributed by atoms with E-state index in [1.807, 2.05) is 32.0 Å². The third kappa shape index (κ3) is 4.26. The zero-order chi connectivity index (χ0) is 17.5. The number of rotatable bonds is 8. The second kappa shape index (κ2) is 8.68. The van der Waals surface area contributed by atoms with Gasteiger partial charge in [0.15, 0.2) is 6.61 Å². The second-order valence-electron chi connectivity index (χ2n) is 5.65. The summed E-state index contributed by atoms with van der Waals surface area (Å²) in [5.41, 5.74) is 2.50. The third-order valence-corrected chi connectivity index (χ3v) is 4.23. The molecule has 6 nitrogen and oxygen atoms in total. The number of anilines is 1. The quantitative estimate of drug-likeness (QED) is 0.417. The number of carbonyl (C=O) groups excluding carboxylic acids is 1. The summed E-state index contributed by atoms with van der Waals surface area (Å²) >= 11 is 0. The highest BCUT2D eigenvalue weighted by Gasteiger charge is 2.24. The van der Waals surface area contributed by atoms with Crippen molar-refractivity contribution in [3.8, 4) is 5.75 Å². The minimum Gasteiger partial charge on any atom is -0.482 e. The lowest BCUT2D eigenvalue weighted by atomic mass is 10.1. The SMILES string of the molecule is CCN(CC)CCO/N=C(\C)c1ccc2c(c1)N(CC)C(=O)CO2. The van der Waals surface area contributed by atoms with Crippen molar-refractivity contribution < 1.29 is 14.4 Å². The number of ether oxygens (including phenoxy) is 1. The number of amides is 1. The zero-order valence-corrected chi connectivity index (χ0v) is 15.0. The second-order valence-corrected chi connectivity index (χ2v) is 5.65. The molecule has 0 saturated heterocycles. The normalized spacial score (nSPS) is 14.6. The molecular formula is C18H27N3O3. The first kappa shape index (κ1) is 18.3. The van der Waals surface area contributed by atoms with E-state index in [2.05, 4.69) is 23.9 Å². The Morgan fingerprint density at radius 1 is 1.33 bits per heavy atom. The monoisotopic (exact) mass is 333 g/mol. The van der Waals surface area contributed by atoms with E-state index in [1.165, 1.54) is 0 Å². The highest BCUT2D eigenvalue weighted by Crippen LogP contribution is 2.32. The number of oxime groups is 1. The molecule has 24 heavy (non-hydrogen) atoms. The van der Waals surface area contributed by atoms with Crippen LogP contribution in [0.3, 0.4) is 0 Å². The molecule has 1 aromatic carbocycles. The molecule has 0 fully saturated rings. The van der Waals surface area contributed by atoms with Gasteiger partial charge in [-0.1, -0.05) is 19.0 Å². The van der Waals surface area contributed by atoms with Gasteiger partial charge in [0.25, 0.3) is 5.91 Å². The predicted octanol–water partition coefficient (Wildman–Crippen LogP) is 2.51. The minimum atomic E-state index is -0.0211. The van der Waals surface area contributed by atoms with Gasteiger partial charge < -0.3 is 19.4 Å². The number of likely N-dealkylation sites (N-methyl/N-ethyl adjacent to an activating group) is 2. The minimum absolute atomic E-state index is 0.0211. The average molecular weight is 333 g/mol. The molecule has 2 rings (SSSR count). The van der Waals surface area contributed by atoms with E-state index >= 15 is 0 Å². The van der Waals surface area contributed by atoms with E-state index in [9.17, 15) is 4.79 Å². The van der Waals surface area contributed by atoms with Crippen molar-refractivity contribution in [3.63, 3.8) is 0 Å². The van der Waals surface area contributed by atoms with Crippen molar-refractivity contribution in [3.05, 3.63) is 23.8 Å². The maximum atomic E-state index is 11.9. The van der Waals surface area contributed by atoms with Crippen LogP contribution in [0.1, 0.15) is 33.3 Å². The Labute approximate surface area is 144 Å². The molecular weight excluding hydrogens is 306 g/mol. The van der Waals surface area contributed by atoms with Gasteiger partial charge in [0, 0.05) is 18.7 Å². The maximum absolute atomic E-state index is 11.9. The molecule has 0 N–H and O–H groups in total. The van der Waals surface area contributed by atoms with Crippen LogP contribution in [-0.2, 0) is 9.63 Å². The van der Waals surface area contributed by atoms with E-state index in [4.69, 9.17) is 9.57 Å². The van der Waals surface area contributed by atoms with Crippen LogP contribution >= 0.6 is 0 Å². The molecule has 132 valence electrons. The van der Waals surface area contributed by atoms with Gasteiger partial charge in [-0.05, 0) is 45.1 Å². The van der Waals surface area contributed by atoms with Crippen LogP contribution < -0.4 is 9.64 Å². The fraction of sp³-hybridized carbons (Fsp3) is 0.556. The molecule has 0 aromatic heterocycles. The first-order chi connectivity index (χ1) is 11.6. The van der Waals surface area contributed by atoms with Crippen molar-refractivity contribution in [2.75, 3.05) is 44.3 Å². The van der Waals surface area contributed by atoms with Crippen LogP contribution in [0.15, 0.2) is 23.4 Å². The Morgan fingerprint density at radius 2 is 2.08 bits per heavy atom. The molecule has 0 spiro atoms. The Hall–Kier alpha value is -2.08. The number of fused-ring (bicyclic) bond motifs is 1. The molecule has 0 bridgehead atoms. The smallest absolute Gasteiger partial charge is 0.265 e. The van der Waals surface area contributed by atoms with Gasteiger partial charge in [-0.25, -0.2) is 0 Å². The molecule has 0 saturated carbocycles. The fourth-order valence-corrected chi connectivity index (χ4v) is 2.68. The van der Waals surface area contributed by atoms with Gasteiger partial charge >= 0.3 is 0 Å². The van der Waals surface area contributed by atoms with Crippen molar-refractivity contribution >= 4 is 17.3 Å². The Bertz CT molecular complexity index is 597. The van der Waals surface area contributed by atoms with Crippen LogP contribution in [0.5, 0.6) is 5.75 Å². The highest BCUT2D eigenvalue weighted by molar-refractivity contribution is 6.02. The number of benzene rings is 1. The summed E-state index contributed by atoms with van der Waals surface area (Å²) in [6, 6.07) is 5.76. The standard InChI is InChI=1S/C18H27N3O3/c1-5-20(6-2)10-11-24-19-14(4)15-8-9-17-16(12-15)21(7-3)18(22)13-23-17/h8-9,12H,5-7,10-11,13H2,1-4H3/b19-14+. The van der Waals surface area contributed by atoms with Gasteiger partial charge in [-0.3, -0.25) is 4.79 Å². The lowest BCUT2D eigenvalue weighted by molar-refractivity contribution is -0.121. The highest BCUT2D eigenvalue weighted by atomic mass is 16.6. The number of carbonyl (C=O) groups is 1. The third-order valence-electron chi connectivity index (χ3n) is 4.23. The average Bonchev–Trinajstić information content (AvgIpc) is 2.61. The van der Waals surface area contributed by atoms with E-state index in [0.29, 0.717) is 13.2 Å². The fourth-order valence-electron chi connectivity index (χ4n) is 2.68. The summed E-state index contributed by atoms with van der Waals surface area (Å²) < 4.78 is 5.48. The predicted molar refractivity (Wildman–Crippen MR) is 95.9 cm³/mol. The van der Waals surface area contributed by atoms with E-state index < -0.39 is 0 Å². The Balaban J connectivity index is 2.05. The molecule has 1 aliphatic heterocycles. The van der Waals surface area contributed by atoms with Gasteiger partial charge in [0.2, 0.25) is 0 Å². The lowest BCUT2D eigenvalue weighted by Gasteiger charge is -2.28. The molecule has 0 atom stereocenters. The molecule has 1 amide bonds. The maximum Gasteiger partial charge on any atom is 0.265 e. The molecule has 0 unspecified atom stereocenters. The summed E-state index contributed by atoms with van der Waals surface area (Å²) in [6.45, 7) is 12.3. The Kier molecular flexibility index (Phi) is 6.61. The van der Waals surface area contributed by atoms with Crippen molar-refractivity contribution in [1.82, 2.24) is 4.90 Å². The summed E-state index contributed by atoms with van der Waals surface area (Å²) in [4.78, 5) is 21.4. The van der Waals surface area contributed by atoms with Gasteiger partial charge in [-0.2, -0.15) is 0 Å². The van der Waals surface area contributed by atoms with E-state index in [0.717, 1.165) is 42.3 Å². The number of hydrogen-bond acceptors (Lipinski definition) is 5. The largest absolute Gasteiger partial charge is 0.482 e. The first-order valence-electron chi connectivity index (χ1n) is 8.57. The van der Waals surface area contributed by atoms with Crippen LogP contribution in [0, 0.1) is 0 Å². The summed E-state index contributed by atoms with van der Waals surface area (Å²) in [5, 5.41) is 4.20. The van der Waals surface area contributed by atoms with Gasteiger partial charge in [-0.15, -0.1) is 0 Å². The topological polar surface area (TPSA) is 54.4 Å². The van der Waals surface area contributed by atoms with Crippen LogP contribution in [0.4, 0.5) is 5.69 Å². The molecule has 6 heteroatoms. The van der Waals surface area contributed by atoms with Crippen molar-refractivity contribution in [1.29, 1.82) is 0 Å². The van der Waals surface area contributed by atoms with E-state index in [-0.39, 0.29) is 12.5 Å². The Morgan fingerprint density at radius 3 is 2.75 bits per heavy atom. The molecule has 0 radical (unpaired) electrons. The molecule has 0 aliphatic carbocycles. The van der Waals surface area contributed by atoms with Crippen LogP contribution in [-0.4, -0.2) is 55.9 Å². The molecule has 1 aromatic rings. The molecule has 1 heterocycles. The first-order valence-corrected chi connectivity index (χ1v) is 8.57. The number of hydrogen-bond donors (Lipinski definition) is 0. The van der Waals surface area contributed by atoms with Crippen molar-refractivity contribution in [2.24, 2.45) is 5.16 Å². The number of nitrogens with zero attached hydrogens (tertiary/aromatic N) is 3. The van der Waals surface area contributed by atoms with Crippen LogP contribution in [0.2, 0.25) is 0 Å². The van der Waals surface area contributed by atoms with Crippen LogP contribution in [0.25, 0.3) is 0 Å². The zero-order valence-electron chi connectivity index (χ0n) is 15.0. The van der Waals surface area contributed by atoms with Crippen molar-refractivity contribution in [2.45, 2.75) is 27.7 Å². The van der Waals surface area contributed by atoms with Gasteiger partial charge in [0.1, 0.15) is 12.4 Å². The summed E-state index contributed by atoms with van der Waals surface area (Å²) in [6.07, 6.45) is 0. The lowest BCUT2D eigenvalue weighted by Crippen LogP contribution is -2.38. The molecule has 1 aliphatic rings. The van der Waals surface area contributed by atoms with E-state index in [1.54, 1.807) is 4.90 Å². The van der Waals surface area contributed by atoms with Gasteiger partial charge in [0.05, 0.1) is 11.4 Å². The summed E-state index contributed by atoms with van der Waals surface area (Å²) in [5.74, 6) is 0.711.